The Labute approximate surface area is 152 Å². The molecule has 2 fully saturated rings. The van der Waals surface area contributed by atoms with Gasteiger partial charge in [-0.05, 0) is 59.3 Å². The summed E-state index contributed by atoms with van der Waals surface area (Å²) in [5, 5.41) is 0.824. The molecule has 2 heterocycles. The SMILES string of the molecule is Cc1nc(C(=O)N2[C@H](CN)C[C@@H]3C[C@@H]32)c(-c2ccc(F)c(Br)c2)s1. The molecule has 1 amide bonds. The van der Waals surface area contributed by atoms with Crippen molar-refractivity contribution in [2.24, 2.45) is 11.7 Å². The van der Waals surface area contributed by atoms with Gasteiger partial charge in [0.2, 0.25) is 0 Å². The van der Waals surface area contributed by atoms with Crippen molar-refractivity contribution in [1.82, 2.24) is 9.88 Å². The molecule has 24 heavy (non-hydrogen) atoms. The van der Waals surface area contributed by atoms with Gasteiger partial charge in [-0.15, -0.1) is 11.3 Å². The van der Waals surface area contributed by atoms with Crippen LogP contribution in [-0.4, -0.2) is 34.4 Å². The maximum atomic E-state index is 13.5. The van der Waals surface area contributed by atoms with Crippen LogP contribution in [0.15, 0.2) is 22.7 Å². The van der Waals surface area contributed by atoms with Gasteiger partial charge < -0.3 is 10.6 Å². The maximum Gasteiger partial charge on any atom is 0.274 e. The van der Waals surface area contributed by atoms with Gasteiger partial charge in [-0.2, -0.15) is 0 Å². The van der Waals surface area contributed by atoms with Gasteiger partial charge in [0.25, 0.3) is 5.91 Å². The van der Waals surface area contributed by atoms with Crippen LogP contribution in [0, 0.1) is 18.7 Å². The number of hydrogen-bond donors (Lipinski definition) is 1. The number of likely N-dealkylation sites (tertiary alicyclic amines) is 1. The van der Waals surface area contributed by atoms with Crippen LogP contribution in [0.25, 0.3) is 10.4 Å². The minimum atomic E-state index is -0.323. The molecule has 2 aromatic rings. The van der Waals surface area contributed by atoms with Crippen LogP contribution in [0.2, 0.25) is 0 Å². The number of nitrogens with zero attached hydrogens (tertiary/aromatic N) is 2. The largest absolute Gasteiger partial charge is 0.330 e. The van der Waals surface area contributed by atoms with Crippen molar-refractivity contribution in [3.8, 4) is 10.4 Å². The first-order valence-corrected chi connectivity index (χ1v) is 9.56. The fourth-order valence-corrected chi connectivity index (χ4v) is 4.90. The van der Waals surface area contributed by atoms with E-state index in [2.05, 4.69) is 20.9 Å². The van der Waals surface area contributed by atoms with Crippen LogP contribution in [-0.2, 0) is 0 Å². The van der Waals surface area contributed by atoms with Gasteiger partial charge in [-0.3, -0.25) is 4.79 Å². The van der Waals surface area contributed by atoms with Gasteiger partial charge in [-0.25, -0.2) is 9.37 Å². The molecule has 7 heteroatoms. The molecule has 1 aromatic carbocycles. The lowest BCUT2D eigenvalue weighted by Crippen LogP contribution is -2.42. The highest BCUT2D eigenvalue weighted by molar-refractivity contribution is 9.10. The van der Waals surface area contributed by atoms with E-state index in [1.54, 1.807) is 12.1 Å². The molecule has 1 aliphatic heterocycles. The summed E-state index contributed by atoms with van der Waals surface area (Å²) >= 11 is 4.67. The van der Waals surface area contributed by atoms with Crippen molar-refractivity contribution in [3.05, 3.63) is 39.2 Å². The number of carbonyl (C=O) groups is 1. The topological polar surface area (TPSA) is 59.2 Å². The molecule has 1 aromatic heterocycles. The van der Waals surface area contributed by atoms with Crippen LogP contribution in [0.1, 0.15) is 28.3 Å². The van der Waals surface area contributed by atoms with Gasteiger partial charge >= 0.3 is 0 Å². The Balaban J connectivity index is 1.73. The maximum absolute atomic E-state index is 13.5. The summed E-state index contributed by atoms with van der Waals surface area (Å²) in [6, 6.07) is 5.22. The van der Waals surface area contributed by atoms with E-state index in [9.17, 15) is 9.18 Å². The number of benzene rings is 1. The summed E-state index contributed by atoms with van der Waals surface area (Å²) in [6.07, 6.45) is 2.07. The highest BCUT2D eigenvalue weighted by atomic mass is 79.9. The summed E-state index contributed by atoms with van der Waals surface area (Å²) < 4.78 is 13.9. The third-order valence-corrected chi connectivity index (χ3v) is 6.46. The first-order valence-electron chi connectivity index (χ1n) is 7.95. The molecule has 3 atom stereocenters. The Kier molecular flexibility index (Phi) is 3.97. The third kappa shape index (κ3) is 2.59. The summed E-state index contributed by atoms with van der Waals surface area (Å²) in [5.74, 6) is 0.234. The molecule has 1 saturated carbocycles. The number of carbonyl (C=O) groups excluding carboxylic acids is 1. The summed E-state index contributed by atoms with van der Waals surface area (Å²) in [4.78, 5) is 20.3. The smallest absolute Gasteiger partial charge is 0.274 e. The molecule has 1 aliphatic carbocycles. The Morgan fingerprint density at radius 1 is 1.50 bits per heavy atom. The first-order chi connectivity index (χ1) is 11.5. The van der Waals surface area contributed by atoms with E-state index < -0.39 is 0 Å². The van der Waals surface area contributed by atoms with Crippen LogP contribution < -0.4 is 5.73 Å². The number of halogens is 2. The second-order valence-corrected chi connectivity index (χ2v) is 8.50. The van der Waals surface area contributed by atoms with Crippen molar-refractivity contribution < 1.29 is 9.18 Å². The average Bonchev–Trinajstić information content (AvgIpc) is 3.05. The van der Waals surface area contributed by atoms with Crippen molar-refractivity contribution >= 4 is 33.2 Å². The summed E-state index contributed by atoms with van der Waals surface area (Å²) in [6.45, 7) is 2.37. The van der Waals surface area contributed by atoms with E-state index in [1.165, 1.54) is 17.4 Å². The highest BCUT2D eigenvalue weighted by Gasteiger charge is 2.54. The molecule has 0 unspecified atom stereocenters. The highest BCUT2D eigenvalue weighted by Crippen LogP contribution is 2.48. The van der Waals surface area contributed by atoms with Crippen LogP contribution >= 0.6 is 27.3 Å². The molecular weight excluding hydrogens is 393 g/mol. The van der Waals surface area contributed by atoms with E-state index >= 15 is 0 Å². The van der Waals surface area contributed by atoms with Crippen LogP contribution in [0.5, 0.6) is 0 Å². The predicted octanol–water partition coefficient (Wildman–Crippen LogP) is 3.58. The first kappa shape index (κ1) is 16.2. The number of thiazole rings is 1. The van der Waals surface area contributed by atoms with E-state index in [0.29, 0.717) is 28.7 Å². The summed E-state index contributed by atoms with van der Waals surface area (Å²) in [5.41, 5.74) is 7.11. The van der Waals surface area contributed by atoms with Gasteiger partial charge in [0.15, 0.2) is 0 Å². The van der Waals surface area contributed by atoms with Crippen molar-refractivity contribution in [2.75, 3.05) is 6.54 Å². The Bertz CT molecular complexity index is 824. The zero-order valence-electron chi connectivity index (χ0n) is 13.1. The zero-order valence-corrected chi connectivity index (χ0v) is 15.5. The molecule has 4 rings (SSSR count). The van der Waals surface area contributed by atoms with Gasteiger partial charge in [0.05, 0.1) is 14.4 Å². The van der Waals surface area contributed by atoms with Crippen molar-refractivity contribution in [1.29, 1.82) is 0 Å². The fourth-order valence-electron chi connectivity index (χ4n) is 3.61. The lowest BCUT2D eigenvalue weighted by Gasteiger charge is -2.26. The van der Waals surface area contributed by atoms with Gasteiger partial charge in [-0.1, -0.05) is 6.07 Å². The number of aryl methyl sites for hydroxylation is 1. The molecule has 2 N–H and O–H groups in total. The molecular formula is C17H17BrFN3OS. The molecule has 0 spiro atoms. The van der Waals surface area contributed by atoms with E-state index in [0.717, 1.165) is 28.3 Å². The second-order valence-electron chi connectivity index (χ2n) is 6.44. The number of fused-ring (bicyclic) bond motifs is 1. The Morgan fingerprint density at radius 3 is 3.00 bits per heavy atom. The van der Waals surface area contributed by atoms with E-state index in [1.807, 2.05) is 11.8 Å². The number of amides is 1. The Morgan fingerprint density at radius 2 is 2.29 bits per heavy atom. The normalized spacial score (nSPS) is 25.0. The molecule has 126 valence electrons. The van der Waals surface area contributed by atoms with E-state index in [4.69, 9.17) is 5.73 Å². The van der Waals surface area contributed by atoms with Crippen LogP contribution in [0.4, 0.5) is 4.39 Å². The second kappa shape index (κ2) is 5.89. The number of hydrogen-bond acceptors (Lipinski definition) is 4. The minimum absolute atomic E-state index is 0.0461. The third-order valence-electron chi connectivity index (χ3n) is 4.84. The standard InChI is InChI=1S/C17H17BrFN3OS/c1-8-21-15(16(24-8)9-2-3-13(19)12(18)5-9)17(23)22-11(7-20)4-10-6-14(10)22/h2-3,5,10-11,14H,4,6-7,20H2,1H3/t10-,11+,14+/m1/s1. The predicted molar refractivity (Wildman–Crippen MR) is 95.5 cm³/mol. The molecule has 2 aliphatic rings. The molecule has 0 radical (unpaired) electrons. The van der Waals surface area contributed by atoms with Crippen molar-refractivity contribution in [3.63, 3.8) is 0 Å². The number of rotatable bonds is 3. The molecule has 0 bridgehead atoms. The summed E-state index contributed by atoms with van der Waals surface area (Å²) in [7, 11) is 0. The minimum Gasteiger partial charge on any atom is -0.330 e. The number of piperidine rings is 1. The monoisotopic (exact) mass is 409 g/mol. The van der Waals surface area contributed by atoms with Gasteiger partial charge in [0.1, 0.15) is 11.5 Å². The lowest BCUT2D eigenvalue weighted by atomic mass is 10.1. The average molecular weight is 410 g/mol. The number of nitrogens with two attached hydrogens (primary N) is 1. The Hall–Kier alpha value is -1.31. The van der Waals surface area contributed by atoms with Crippen LogP contribution in [0.3, 0.4) is 0 Å². The van der Waals surface area contributed by atoms with Gasteiger partial charge in [0, 0.05) is 18.6 Å². The quantitative estimate of drug-likeness (QED) is 0.842. The molecule has 4 nitrogen and oxygen atoms in total. The lowest BCUT2D eigenvalue weighted by molar-refractivity contribution is 0.0701. The van der Waals surface area contributed by atoms with E-state index in [-0.39, 0.29) is 17.8 Å². The number of aromatic nitrogens is 1. The fraction of sp³-hybridized carbons (Fsp3) is 0.412. The molecule has 1 saturated heterocycles. The van der Waals surface area contributed by atoms with Crippen molar-refractivity contribution in [2.45, 2.75) is 31.8 Å². The zero-order chi connectivity index (χ0) is 17.0.